The van der Waals surface area contributed by atoms with Crippen molar-refractivity contribution in [2.45, 2.75) is 0 Å². The van der Waals surface area contributed by atoms with Crippen molar-refractivity contribution >= 4 is 15.4 Å². The molecule has 1 atom stereocenters. The summed E-state index contributed by atoms with van der Waals surface area (Å²) in [6.45, 7) is 0. The highest BCUT2D eigenvalue weighted by atomic mass is 31.0. The zero-order valence-electron chi connectivity index (χ0n) is 4.87. The fourth-order valence-corrected chi connectivity index (χ4v) is 0.696. The van der Waals surface area contributed by atoms with E-state index < -0.39 is 5.97 Å². The number of nitrogens with one attached hydrogen (secondary N) is 1. The first-order valence-electron chi connectivity index (χ1n) is 2.39. The molecule has 6 heteroatoms. The molecular weight excluding hydrogens is 155 g/mol. The van der Waals surface area contributed by atoms with Gasteiger partial charge < -0.3 is 9.63 Å². The third-order valence-electron chi connectivity index (χ3n) is 0.953. The highest BCUT2D eigenvalue weighted by molar-refractivity contribution is 7.10. The third kappa shape index (κ3) is 1.09. The Hall–Kier alpha value is -1.09. The summed E-state index contributed by atoms with van der Waals surface area (Å²) in [4.78, 5) is 10.3. The molecule has 2 N–H and O–H groups in total. The SMILES string of the molecule is O=C(O)c1cn[nH]c1OP. The lowest BCUT2D eigenvalue weighted by atomic mass is 10.4. The van der Waals surface area contributed by atoms with Gasteiger partial charge in [-0.1, -0.05) is 0 Å². The van der Waals surface area contributed by atoms with E-state index >= 15 is 0 Å². The van der Waals surface area contributed by atoms with E-state index in [1.54, 1.807) is 0 Å². The zero-order chi connectivity index (χ0) is 7.56. The quantitative estimate of drug-likeness (QED) is 0.609. The van der Waals surface area contributed by atoms with Crippen LogP contribution in [0.3, 0.4) is 0 Å². The molecule has 0 radical (unpaired) electrons. The van der Waals surface area contributed by atoms with Gasteiger partial charge in [0.2, 0.25) is 5.88 Å². The molecule has 0 amide bonds. The molecule has 0 aliphatic heterocycles. The van der Waals surface area contributed by atoms with Crippen molar-refractivity contribution in [1.82, 2.24) is 10.2 Å². The van der Waals surface area contributed by atoms with Crippen molar-refractivity contribution < 1.29 is 14.4 Å². The van der Waals surface area contributed by atoms with Crippen LogP contribution in [-0.2, 0) is 0 Å². The lowest BCUT2D eigenvalue weighted by Crippen LogP contribution is -1.94. The summed E-state index contributed by atoms with van der Waals surface area (Å²) in [5, 5.41) is 14.3. The van der Waals surface area contributed by atoms with Crippen molar-refractivity contribution in [1.29, 1.82) is 0 Å². The zero-order valence-corrected chi connectivity index (χ0v) is 6.02. The highest BCUT2D eigenvalue weighted by Crippen LogP contribution is 2.14. The minimum Gasteiger partial charge on any atom is -0.477 e. The van der Waals surface area contributed by atoms with Crippen LogP contribution in [0.2, 0.25) is 0 Å². The second-order valence-corrected chi connectivity index (χ2v) is 1.77. The number of aromatic carboxylic acids is 1. The summed E-state index contributed by atoms with van der Waals surface area (Å²) in [5.41, 5.74) is 0.0231. The predicted octanol–water partition coefficient (Wildman–Crippen LogP) is 0.277. The monoisotopic (exact) mass is 160 g/mol. The molecule has 1 unspecified atom stereocenters. The van der Waals surface area contributed by atoms with Gasteiger partial charge in [-0.2, -0.15) is 5.10 Å². The first-order chi connectivity index (χ1) is 4.75. The normalized spacial score (nSPS) is 9.30. The van der Waals surface area contributed by atoms with Crippen molar-refractivity contribution in [3.63, 3.8) is 0 Å². The molecule has 0 aromatic carbocycles. The molecule has 5 nitrogen and oxygen atoms in total. The van der Waals surface area contributed by atoms with Crippen LogP contribution in [0.4, 0.5) is 0 Å². The van der Waals surface area contributed by atoms with Crippen LogP contribution in [0.15, 0.2) is 6.20 Å². The number of hydrogen-bond donors (Lipinski definition) is 2. The van der Waals surface area contributed by atoms with Crippen molar-refractivity contribution in [3.8, 4) is 5.88 Å². The molecule has 1 aromatic rings. The first kappa shape index (κ1) is 7.02. The van der Waals surface area contributed by atoms with E-state index in [2.05, 4.69) is 14.7 Å². The summed E-state index contributed by atoms with van der Waals surface area (Å²) < 4.78 is 4.56. The van der Waals surface area contributed by atoms with E-state index in [0.29, 0.717) is 0 Å². The maximum Gasteiger partial charge on any atom is 0.342 e. The van der Waals surface area contributed by atoms with Gasteiger partial charge in [-0.25, -0.2) is 9.89 Å². The number of carbonyl (C=O) groups is 1. The fraction of sp³-hybridized carbons (Fsp3) is 0. The molecule has 0 aliphatic rings. The van der Waals surface area contributed by atoms with Crippen LogP contribution in [0.1, 0.15) is 10.4 Å². The molecule has 0 bridgehead atoms. The van der Waals surface area contributed by atoms with Crippen LogP contribution in [0.5, 0.6) is 5.88 Å². The van der Waals surface area contributed by atoms with Crippen molar-refractivity contribution in [3.05, 3.63) is 11.8 Å². The molecule has 1 heterocycles. The number of rotatable bonds is 2. The number of aromatic nitrogens is 2. The Morgan fingerprint density at radius 3 is 3.00 bits per heavy atom. The van der Waals surface area contributed by atoms with E-state index in [1.807, 2.05) is 9.47 Å². The lowest BCUT2D eigenvalue weighted by molar-refractivity contribution is 0.0695. The molecule has 0 fully saturated rings. The molecular formula is C4H5N2O3P. The minimum atomic E-state index is -1.06. The standard InChI is InChI=1S/C4H5N2O3P/c7-4(8)2-1-5-6-3(2)9-10/h1H,10H2,(H,5,6)(H,7,8). The maximum absolute atomic E-state index is 10.3. The maximum atomic E-state index is 10.3. The predicted molar refractivity (Wildman–Crippen MR) is 35.9 cm³/mol. The van der Waals surface area contributed by atoms with Crippen LogP contribution in [-0.4, -0.2) is 21.3 Å². The number of carboxylic acid groups (broad SMARTS) is 1. The average Bonchev–Trinajstić information content (AvgIpc) is 2.33. The molecule has 0 spiro atoms. The van der Waals surface area contributed by atoms with Gasteiger partial charge in [-0.15, -0.1) is 0 Å². The van der Waals surface area contributed by atoms with E-state index in [9.17, 15) is 4.79 Å². The Balaban J connectivity index is 3.01. The summed E-state index contributed by atoms with van der Waals surface area (Å²) in [5.74, 6) is -0.927. The Morgan fingerprint density at radius 2 is 2.60 bits per heavy atom. The largest absolute Gasteiger partial charge is 0.477 e. The minimum absolute atomic E-state index is 0.0231. The Morgan fingerprint density at radius 1 is 1.90 bits per heavy atom. The van der Waals surface area contributed by atoms with Crippen LogP contribution < -0.4 is 4.52 Å². The van der Waals surface area contributed by atoms with Gasteiger partial charge in [-0.3, -0.25) is 0 Å². The first-order valence-corrected chi connectivity index (χ1v) is 2.86. The van der Waals surface area contributed by atoms with Gasteiger partial charge in [0.1, 0.15) is 5.56 Å². The summed E-state index contributed by atoms with van der Waals surface area (Å²) in [7, 11) is 1.93. The van der Waals surface area contributed by atoms with Gasteiger partial charge in [0, 0.05) is 0 Å². The average molecular weight is 160 g/mol. The third-order valence-corrected chi connectivity index (χ3v) is 1.19. The Kier molecular flexibility index (Phi) is 1.87. The van der Waals surface area contributed by atoms with Gasteiger partial charge in [0.25, 0.3) is 0 Å². The van der Waals surface area contributed by atoms with Crippen molar-refractivity contribution in [2.75, 3.05) is 0 Å². The van der Waals surface area contributed by atoms with Gasteiger partial charge in [-0.05, 0) is 0 Å². The van der Waals surface area contributed by atoms with Crippen LogP contribution in [0.25, 0.3) is 0 Å². The second-order valence-electron chi connectivity index (χ2n) is 1.54. The molecule has 0 saturated heterocycles. The molecule has 10 heavy (non-hydrogen) atoms. The number of carboxylic acids is 1. The number of aromatic amines is 1. The molecule has 54 valence electrons. The van der Waals surface area contributed by atoms with Crippen LogP contribution >= 0.6 is 9.47 Å². The van der Waals surface area contributed by atoms with Gasteiger partial charge >= 0.3 is 5.97 Å². The second kappa shape index (κ2) is 2.66. The highest BCUT2D eigenvalue weighted by Gasteiger charge is 2.11. The molecule has 1 aromatic heterocycles. The van der Waals surface area contributed by atoms with Crippen molar-refractivity contribution in [2.24, 2.45) is 0 Å². The summed E-state index contributed by atoms with van der Waals surface area (Å²) in [6, 6.07) is 0. The van der Waals surface area contributed by atoms with Gasteiger partial charge in [0.05, 0.1) is 15.7 Å². The Bertz CT molecular complexity index is 246. The summed E-state index contributed by atoms with van der Waals surface area (Å²) >= 11 is 0. The van der Waals surface area contributed by atoms with E-state index in [0.717, 1.165) is 0 Å². The van der Waals surface area contributed by atoms with Gasteiger partial charge in [0.15, 0.2) is 0 Å². The number of nitrogens with zero attached hydrogens (tertiary/aromatic N) is 1. The molecule has 0 aliphatic carbocycles. The van der Waals surface area contributed by atoms with E-state index in [-0.39, 0.29) is 11.4 Å². The smallest absolute Gasteiger partial charge is 0.342 e. The molecule has 0 saturated carbocycles. The summed E-state index contributed by atoms with van der Waals surface area (Å²) in [6.07, 6.45) is 1.18. The van der Waals surface area contributed by atoms with Crippen LogP contribution in [0, 0.1) is 0 Å². The van der Waals surface area contributed by atoms with E-state index in [1.165, 1.54) is 6.20 Å². The lowest BCUT2D eigenvalue weighted by Gasteiger charge is -1.93. The fourth-order valence-electron chi connectivity index (χ4n) is 0.516. The van der Waals surface area contributed by atoms with E-state index in [4.69, 9.17) is 5.11 Å². The topological polar surface area (TPSA) is 75.2 Å². The number of hydrogen-bond acceptors (Lipinski definition) is 3. The molecule has 1 rings (SSSR count). The Labute approximate surface area is 58.7 Å². The number of H-pyrrole nitrogens is 1.